The molecule has 12 heavy (non-hydrogen) atoms. The highest BCUT2D eigenvalue weighted by molar-refractivity contribution is 7.80. The van der Waals surface area contributed by atoms with Gasteiger partial charge in [0.25, 0.3) is 0 Å². The van der Waals surface area contributed by atoms with E-state index in [1.165, 1.54) is 12.8 Å². The van der Waals surface area contributed by atoms with Crippen LogP contribution in [0.3, 0.4) is 0 Å². The standard InChI is InChI=1S/C8H11N3S/c9-8(12)6-5-11-4-2-1-3-7(11)10-6/h5H,1-4H2,(H2,9,12). The minimum atomic E-state index is 0.400. The van der Waals surface area contributed by atoms with Crippen molar-refractivity contribution in [3.8, 4) is 0 Å². The Bertz CT molecular complexity index is 293. The van der Waals surface area contributed by atoms with E-state index in [0.29, 0.717) is 4.99 Å². The van der Waals surface area contributed by atoms with Crippen LogP contribution in [0.5, 0.6) is 0 Å². The molecule has 0 atom stereocenters. The number of imidazole rings is 1. The quantitative estimate of drug-likeness (QED) is 0.653. The second-order valence-electron chi connectivity index (χ2n) is 3.06. The maximum atomic E-state index is 5.48. The van der Waals surface area contributed by atoms with Gasteiger partial charge in [0.05, 0.1) is 0 Å². The number of aryl methyl sites for hydroxylation is 2. The molecule has 2 N–H and O–H groups in total. The van der Waals surface area contributed by atoms with E-state index >= 15 is 0 Å². The zero-order valence-corrected chi connectivity index (χ0v) is 7.60. The van der Waals surface area contributed by atoms with Crippen molar-refractivity contribution in [1.29, 1.82) is 0 Å². The van der Waals surface area contributed by atoms with E-state index in [0.717, 1.165) is 24.5 Å². The number of rotatable bonds is 1. The number of fused-ring (bicyclic) bond motifs is 1. The molecule has 0 fully saturated rings. The minimum absolute atomic E-state index is 0.400. The normalized spacial score (nSPS) is 15.7. The number of nitrogens with zero attached hydrogens (tertiary/aromatic N) is 2. The van der Waals surface area contributed by atoms with Crippen LogP contribution in [0.15, 0.2) is 6.20 Å². The van der Waals surface area contributed by atoms with Crippen LogP contribution >= 0.6 is 12.2 Å². The summed E-state index contributed by atoms with van der Waals surface area (Å²) >= 11 is 4.85. The van der Waals surface area contributed by atoms with Crippen molar-refractivity contribution in [2.45, 2.75) is 25.8 Å². The molecule has 0 spiro atoms. The number of hydrogen-bond donors (Lipinski definition) is 1. The van der Waals surface area contributed by atoms with E-state index in [-0.39, 0.29) is 0 Å². The lowest BCUT2D eigenvalue weighted by atomic mass is 10.2. The van der Waals surface area contributed by atoms with Crippen LogP contribution in [0.2, 0.25) is 0 Å². The fraction of sp³-hybridized carbons (Fsp3) is 0.500. The molecule has 2 rings (SSSR count). The van der Waals surface area contributed by atoms with Crippen molar-refractivity contribution in [3.63, 3.8) is 0 Å². The van der Waals surface area contributed by atoms with Gasteiger partial charge in [-0.3, -0.25) is 0 Å². The van der Waals surface area contributed by atoms with Gasteiger partial charge in [-0.1, -0.05) is 12.2 Å². The molecule has 0 saturated carbocycles. The van der Waals surface area contributed by atoms with E-state index in [9.17, 15) is 0 Å². The van der Waals surface area contributed by atoms with Gasteiger partial charge >= 0.3 is 0 Å². The van der Waals surface area contributed by atoms with E-state index in [1.54, 1.807) is 0 Å². The lowest BCUT2D eigenvalue weighted by Gasteiger charge is -2.11. The topological polar surface area (TPSA) is 43.8 Å². The smallest absolute Gasteiger partial charge is 0.124 e. The van der Waals surface area contributed by atoms with E-state index in [4.69, 9.17) is 18.0 Å². The second-order valence-corrected chi connectivity index (χ2v) is 3.50. The van der Waals surface area contributed by atoms with Crippen LogP contribution in [-0.4, -0.2) is 14.5 Å². The predicted octanol–water partition coefficient (Wildman–Crippen LogP) is 0.854. The molecule has 0 aromatic carbocycles. The zero-order chi connectivity index (χ0) is 8.55. The monoisotopic (exact) mass is 181 g/mol. The fourth-order valence-corrected chi connectivity index (χ4v) is 1.63. The lowest BCUT2D eigenvalue weighted by molar-refractivity contribution is 0.522. The van der Waals surface area contributed by atoms with Crippen molar-refractivity contribution in [2.24, 2.45) is 5.73 Å². The van der Waals surface area contributed by atoms with E-state index in [1.807, 2.05) is 6.20 Å². The highest BCUT2D eigenvalue weighted by Crippen LogP contribution is 2.14. The summed E-state index contributed by atoms with van der Waals surface area (Å²) in [6, 6.07) is 0. The Morgan fingerprint density at radius 2 is 2.42 bits per heavy atom. The number of hydrogen-bond acceptors (Lipinski definition) is 2. The molecule has 64 valence electrons. The fourth-order valence-electron chi connectivity index (χ4n) is 1.53. The van der Waals surface area contributed by atoms with Crippen molar-refractivity contribution in [1.82, 2.24) is 9.55 Å². The third kappa shape index (κ3) is 1.22. The van der Waals surface area contributed by atoms with Gasteiger partial charge in [-0.25, -0.2) is 4.98 Å². The third-order valence-electron chi connectivity index (χ3n) is 2.16. The van der Waals surface area contributed by atoms with Crippen LogP contribution in [0.1, 0.15) is 24.4 Å². The predicted molar refractivity (Wildman–Crippen MR) is 51.1 cm³/mol. The van der Waals surface area contributed by atoms with Gasteiger partial charge in [0.15, 0.2) is 0 Å². The number of thiocarbonyl (C=S) groups is 1. The Morgan fingerprint density at radius 3 is 3.08 bits per heavy atom. The van der Waals surface area contributed by atoms with Crippen LogP contribution < -0.4 is 5.73 Å². The van der Waals surface area contributed by atoms with Gasteiger partial charge in [0.1, 0.15) is 16.5 Å². The highest BCUT2D eigenvalue weighted by atomic mass is 32.1. The summed E-state index contributed by atoms with van der Waals surface area (Å²) in [5.74, 6) is 1.13. The van der Waals surface area contributed by atoms with Crippen molar-refractivity contribution < 1.29 is 0 Å². The van der Waals surface area contributed by atoms with Gasteiger partial charge in [-0.05, 0) is 12.8 Å². The summed E-state index contributed by atoms with van der Waals surface area (Å²) in [6.07, 6.45) is 5.48. The first-order valence-electron chi connectivity index (χ1n) is 4.13. The molecule has 2 heterocycles. The molecular weight excluding hydrogens is 170 g/mol. The summed E-state index contributed by atoms with van der Waals surface area (Å²) in [5, 5.41) is 0. The molecule has 0 unspecified atom stereocenters. The summed E-state index contributed by atoms with van der Waals surface area (Å²) in [4.78, 5) is 4.75. The molecule has 4 heteroatoms. The number of aromatic nitrogens is 2. The summed E-state index contributed by atoms with van der Waals surface area (Å²) < 4.78 is 2.15. The molecule has 0 amide bonds. The van der Waals surface area contributed by atoms with Crippen molar-refractivity contribution in [3.05, 3.63) is 17.7 Å². The van der Waals surface area contributed by atoms with Crippen molar-refractivity contribution >= 4 is 17.2 Å². The average Bonchev–Trinajstić information content (AvgIpc) is 2.46. The Balaban J connectivity index is 2.38. The zero-order valence-electron chi connectivity index (χ0n) is 6.79. The summed E-state index contributed by atoms with van der Waals surface area (Å²) in [6.45, 7) is 1.06. The maximum absolute atomic E-state index is 5.48. The van der Waals surface area contributed by atoms with Crippen molar-refractivity contribution in [2.75, 3.05) is 0 Å². The maximum Gasteiger partial charge on any atom is 0.124 e. The molecule has 1 aromatic heterocycles. The van der Waals surface area contributed by atoms with Gasteiger partial charge in [-0.2, -0.15) is 0 Å². The van der Waals surface area contributed by atoms with Gasteiger partial charge < -0.3 is 10.3 Å². The number of nitrogens with two attached hydrogens (primary N) is 1. The molecule has 0 saturated heterocycles. The van der Waals surface area contributed by atoms with E-state index < -0.39 is 0 Å². The Hall–Kier alpha value is -0.900. The molecule has 3 nitrogen and oxygen atoms in total. The lowest BCUT2D eigenvalue weighted by Crippen LogP contribution is -2.09. The molecule has 1 aliphatic rings. The molecule has 1 aliphatic heterocycles. The highest BCUT2D eigenvalue weighted by Gasteiger charge is 2.12. The van der Waals surface area contributed by atoms with Gasteiger partial charge in [0.2, 0.25) is 0 Å². The van der Waals surface area contributed by atoms with Crippen LogP contribution in [0.25, 0.3) is 0 Å². The largest absolute Gasteiger partial charge is 0.388 e. The van der Waals surface area contributed by atoms with Gasteiger partial charge in [0, 0.05) is 19.2 Å². The Kier molecular flexibility index (Phi) is 1.84. The molecule has 0 radical (unpaired) electrons. The second kappa shape index (κ2) is 2.86. The molecule has 0 bridgehead atoms. The first-order valence-corrected chi connectivity index (χ1v) is 4.54. The Morgan fingerprint density at radius 1 is 1.58 bits per heavy atom. The van der Waals surface area contributed by atoms with Crippen LogP contribution in [-0.2, 0) is 13.0 Å². The summed E-state index contributed by atoms with van der Waals surface area (Å²) in [5.41, 5.74) is 6.25. The van der Waals surface area contributed by atoms with E-state index in [2.05, 4.69) is 9.55 Å². The minimum Gasteiger partial charge on any atom is -0.388 e. The van der Waals surface area contributed by atoms with Crippen LogP contribution in [0.4, 0.5) is 0 Å². The average molecular weight is 181 g/mol. The SMILES string of the molecule is NC(=S)c1cn2c(n1)CCCC2. The third-order valence-corrected chi connectivity index (χ3v) is 2.37. The molecular formula is C8H11N3S. The Labute approximate surface area is 76.6 Å². The first kappa shape index (κ1) is 7.73. The van der Waals surface area contributed by atoms with Gasteiger partial charge in [-0.15, -0.1) is 0 Å². The first-order chi connectivity index (χ1) is 5.77. The molecule has 0 aliphatic carbocycles. The van der Waals surface area contributed by atoms with Crippen LogP contribution in [0, 0.1) is 0 Å². The summed E-state index contributed by atoms with van der Waals surface area (Å²) in [7, 11) is 0. The molecule has 1 aromatic rings.